The van der Waals surface area contributed by atoms with E-state index >= 15 is 0 Å². The van der Waals surface area contributed by atoms with Crippen LogP contribution in [0.5, 0.6) is 0 Å². The number of rotatable bonds is 5. The number of amides is 1. The highest BCUT2D eigenvalue weighted by Gasteiger charge is 2.35. The minimum Gasteiger partial charge on any atom is -0.408 e. The summed E-state index contributed by atoms with van der Waals surface area (Å²) < 4.78 is 6.84. The van der Waals surface area contributed by atoms with E-state index < -0.39 is 0 Å². The van der Waals surface area contributed by atoms with Crippen LogP contribution < -0.4 is 11.1 Å². The number of hydrogen-bond donors (Lipinski definition) is 1. The van der Waals surface area contributed by atoms with Crippen molar-refractivity contribution in [2.75, 3.05) is 13.1 Å². The maximum Gasteiger partial charge on any atom is 0.419 e. The number of para-hydroxylation sites is 2. The molecule has 2 fully saturated rings. The third-order valence-corrected chi connectivity index (χ3v) is 5.56. The van der Waals surface area contributed by atoms with E-state index in [1.54, 1.807) is 10.6 Å². The van der Waals surface area contributed by atoms with E-state index in [2.05, 4.69) is 10.2 Å². The largest absolute Gasteiger partial charge is 0.419 e. The number of fused-ring (bicyclic) bond motifs is 2. The van der Waals surface area contributed by atoms with Crippen LogP contribution in [0.15, 0.2) is 33.5 Å². The first-order chi connectivity index (χ1) is 12.2. The predicted octanol–water partition coefficient (Wildman–Crippen LogP) is 2.12. The molecule has 0 bridgehead atoms. The lowest BCUT2D eigenvalue weighted by Crippen LogP contribution is -2.46. The van der Waals surface area contributed by atoms with Crippen LogP contribution in [0, 0.1) is 0 Å². The lowest BCUT2D eigenvalue weighted by Gasteiger charge is -2.32. The molecular formula is C19H25N3O3. The van der Waals surface area contributed by atoms with Gasteiger partial charge in [0, 0.05) is 31.6 Å². The summed E-state index contributed by atoms with van der Waals surface area (Å²) >= 11 is 0. The van der Waals surface area contributed by atoms with Gasteiger partial charge in [0.05, 0.1) is 5.52 Å². The molecule has 0 saturated carbocycles. The number of aromatic nitrogens is 1. The van der Waals surface area contributed by atoms with Crippen molar-refractivity contribution in [3.63, 3.8) is 0 Å². The molecule has 2 aliphatic heterocycles. The summed E-state index contributed by atoms with van der Waals surface area (Å²) in [5, 5.41) is 3.22. The molecule has 1 N–H and O–H groups in total. The molecule has 0 spiro atoms. The second kappa shape index (κ2) is 7.04. The van der Waals surface area contributed by atoms with E-state index in [9.17, 15) is 9.59 Å². The van der Waals surface area contributed by atoms with Crippen molar-refractivity contribution in [2.45, 2.75) is 57.2 Å². The van der Waals surface area contributed by atoms with Gasteiger partial charge in [-0.1, -0.05) is 18.6 Å². The van der Waals surface area contributed by atoms with Gasteiger partial charge in [0.2, 0.25) is 5.91 Å². The molecule has 0 radical (unpaired) electrons. The first kappa shape index (κ1) is 16.4. The number of carbonyl (C=O) groups is 1. The molecular weight excluding hydrogens is 318 g/mol. The van der Waals surface area contributed by atoms with Crippen molar-refractivity contribution < 1.29 is 9.21 Å². The van der Waals surface area contributed by atoms with Crippen LogP contribution in [-0.2, 0) is 11.3 Å². The molecule has 6 nitrogen and oxygen atoms in total. The van der Waals surface area contributed by atoms with Crippen LogP contribution in [0.4, 0.5) is 0 Å². The molecule has 0 aliphatic carbocycles. The molecule has 1 amide bonds. The Hall–Kier alpha value is -2.08. The topological polar surface area (TPSA) is 67.5 Å². The number of hydrogen-bond acceptors (Lipinski definition) is 4. The zero-order valence-corrected chi connectivity index (χ0v) is 14.4. The lowest BCUT2D eigenvalue weighted by atomic mass is 9.99. The lowest BCUT2D eigenvalue weighted by molar-refractivity contribution is -0.122. The van der Waals surface area contributed by atoms with Crippen LogP contribution >= 0.6 is 0 Å². The Balaban J connectivity index is 1.30. The molecule has 6 heteroatoms. The third-order valence-electron chi connectivity index (χ3n) is 5.56. The molecule has 2 atom stereocenters. The Morgan fingerprint density at radius 1 is 1.20 bits per heavy atom. The molecule has 2 aromatic rings. The molecule has 2 saturated heterocycles. The molecule has 1 aromatic heterocycles. The summed E-state index contributed by atoms with van der Waals surface area (Å²) in [4.78, 5) is 26.8. The number of piperidine rings is 1. The minimum absolute atomic E-state index is 0.0956. The fourth-order valence-corrected chi connectivity index (χ4v) is 4.32. The zero-order valence-electron chi connectivity index (χ0n) is 14.4. The summed E-state index contributed by atoms with van der Waals surface area (Å²) in [6.07, 6.45) is 5.88. The minimum atomic E-state index is -0.352. The van der Waals surface area contributed by atoms with Gasteiger partial charge < -0.3 is 9.73 Å². The first-order valence-corrected chi connectivity index (χ1v) is 9.34. The fraction of sp³-hybridized carbons (Fsp3) is 0.579. The van der Waals surface area contributed by atoms with Gasteiger partial charge in [0.25, 0.3) is 0 Å². The summed E-state index contributed by atoms with van der Waals surface area (Å²) in [5.74, 6) is -0.256. The Labute approximate surface area is 146 Å². The van der Waals surface area contributed by atoms with Crippen LogP contribution in [0.25, 0.3) is 11.1 Å². The number of benzene rings is 1. The molecule has 0 unspecified atom stereocenters. The van der Waals surface area contributed by atoms with Crippen molar-refractivity contribution in [3.8, 4) is 0 Å². The number of aryl methyl sites for hydroxylation is 1. The van der Waals surface area contributed by atoms with Gasteiger partial charge in [-0.3, -0.25) is 14.3 Å². The number of carbonyl (C=O) groups excluding carboxylic acids is 1. The zero-order chi connectivity index (χ0) is 17.2. The van der Waals surface area contributed by atoms with Crippen LogP contribution in [-0.4, -0.2) is 40.5 Å². The van der Waals surface area contributed by atoms with Crippen molar-refractivity contribution in [1.29, 1.82) is 0 Å². The van der Waals surface area contributed by atoms with Crippen LogP contribution in [0.3, 0.4) is 0 Å². The van der Waals surface area contributed by atoms with Crippen molar-refractivity contribution in [1.82, 2.24) is 14.8 Å². The van der Waals surface area contributed by atoms with Crippen molar-refractivity contribution in [3.05, 3.63) is 34.8 Å². The second-order valence-electron chi connectivity index (χ2n) is 7.15. The van der Waals surface area contributed by atoms with Gasteiger partial charge in [-0.15, -0.1) is 0 Å². The summed E-state index contributed by atoms with van der Waals surface area (Å²) in [7, 11) is 0. The average Bonchev–Trinajstić information content (AvgIpc) is 3.16. The summed E-state index contributed by atoms with van der Waals surface area (Å²) in [5.41, 5.74) is 1.39. The van der Waals surface area contributed by atoms with Crippen molar-refractivity contribution in [2.24, 2.45) is 0 Å². The fourth-order valence-electron chi connectivity index (χ4n) is 4.32. The molecule has 134 valence electrons. The Kier molecular flexibility index (Phi) is 4.61. The first-order valence-electron chi connectivity index (χ1n) is 9.34. The summed E-state index contributed by atoms with van der Waals surface area (Å²) in [6, 6.07) is 8.21. The summed E-state index contributed by atoms with van der Waals surface area (Å²) in [6.45, 7) is 2.78. The highest BCUT2D eigenvalue weighted by molar-refractivity contribution is 5.76. The number of nitrogens with zero attached hydrogens (tertiary/aromatic N) is 2. The molecule has 4 rings (SSSR count). The highest BCUT2D eigenvalue weighted by Crippen LogP contribution is 2.27. The maximum atomic E-state index is 12.3. The van der Waals surface area contributed by atoms with E-state index in [1.807, 2.05) is 18.2 Å². The van der Waals surface area contributed by atoms with E-state index in [1.165, 1.54) is 25.8 Å². The molecule has 2 aliphatic rings. The Morgan fingerprint density at radius 3 is 3.00 bits per heavy atom. The normalized spacial score (nSPS) is 23.7. The van der Waals surface area contributed by atoms with Gasteiger partial charge in [-0.25, -0.2) is 4.79 Å². The third kappa shape index (κ3) is 3.35. The van der Waals surface area contributed by atoms with Gasteiger partial charge >= 0.3 is 5.76 Å². The molecule has 3 heterocycles. The Morgan fingerprint density at radius 2 is 2.08 bits per heavy atom. The smallest absolute Gasteiger partial charge is 0.408 e. The SMILES string of the molecule is O=C(CCCn1c(=O)oc2ccccc21)N[C@H]1CCN2CCCC[C@@H]12. The average molecular weight is 343 g/mol. The van der Waals surface area contributed by atoms with E-state index in [0.29, 0.717) is 37.1 Å². The second-order valence-corrected chi connectivity index (χ2v) is 7.15. The number of nitrogens with one attached hydrogen (secondary N) is 1. The standard InChI is InChI=1S/C19H25N3O3/c23-18(20-14-10-13-21-11-4-3-6-15(14)21)9-5-12-22-16-7-1-2-8-17(16)25-19(22)24/h1-2,7-8,14-15H,3-6,9-13H2,(H,20,23)/t14-,15-/m0/s1. The van der Waals surface area contributed by atoms with Gasteiger partial charge in [0.15, 0.2) is 5.58 Å². The van der Waals surface area contributed by atoms with Gasteiger partial charge in [-0.05, 0) is 44.4 Å². The Bertz CT molecular complexity index is 810. The van der Waals surface area contributed by atoms with Gasteiger partial charge in [0.1, 0.15) is 0 Å². The van der Waals surface area contributed by atoms with Crippen LogP contribution in [0.2, 0.25) is 0 Å². The molecule has 1 aromatic carbocycles. The maximum absolute atomic E-state index is 12.3. The van der Waals surface area contributed by atoms with Crippen LogP contribution in [0.1, 0.15) is 38.5 Å². The quantitative estimate of drug-likeness (QED) is 0.903. The van der Waals surface area contributed by atoms with Gasteiger partial charge in [-0.2, -0.15) is 0 Å². The predicted molar refractivity (Wildman–Crippen MR) is 95.5 cm³/mol. The monoisotopic (exact) mass is 343 g/mol. The van der Waals surface area contributed by atoms with E-state index in [-0.39, 0.29) is 11.7 Å². The number of oxazole rings is 1. The van der Waals surface area contributed by atoms with E-state index in [0.717, 1.165) is 18.5 Å². The van der Waals surface area contributed by atoms with E-state index in [4.69, 9.17) is 4.42 Å². The van der Waals surface area contributed by atoms with Crippen molar-refractivity contribution >= 4 is 17.0 Å². The molecule has 25 heavy (non-hydrogen) atoms. The highest BCUT2D eigenvalue weighted by atomic mass is 16.4.